The smallest absolute Gasteiger partial charge is 0.337 e. The summed E-state index contributed by atoms with van der Waals surface area (Å²) in [4.78, 5) is 23.4. The second-order valence-corrected chi connectivity index (χ2v) is 5.38. The molecule has 5 nitrogen and oxygen atoms in total. The first-order valence-electron chi connectivity index (χ1n) is 6.09. The number of rotatable bonds is 3. The summed E-state index contributed by atoms with van der Waals surface area (Å²) in [5.74, 6) is -1.54. The van der Waals surface area contributed by atoms with Crippen LogP contribution in [0, 0.1) is 6.92 Å². The fourth-order valence-electron chi connectivity index (χ4n) is 1.78. The van der Waals surface area contributed by atoms with E-state index in [-0.39, 0.29) is 17.2 Å². The van der Waals surface area contributed by atoms with Crippen LogP contribution in [0.1, 0.15) is 26.3 Å². The topological polar surface area (TPSA) is 92.4 Å². The Kier molecular flexibility index (Phi) is 4.28. The first-order valence-corrected chi connectivity index (χ1v) is 6.88. The van der Waals surface area contributed by atoms with E-state index in [0.717, 1.165) is 10.0 Å². The summed E-state index contributed by atoms with van der Waals surface area (Å²) in [7, 11) is 0. The Labute approximate surface area is 129 Å². The summed E-state index contributed by atoms with van der Waals surface area (Å²) in [6, 6.07) is 9.48. The standard InChI is InChI=1S/C15H13BrN2O3/c1-8-2-3-9(6-12(8)16)14(19)18-13-5-4-10(17)7-11(13)15(20)21/h2-7H,17H2,1H3,(H,18,19)(H,20,21). The van der Waals surface area contributed by atoms with E-state index >= 15 is 0 Å². The number of carboxylic acids is 1. The molecule has 0 radical (unpaired) electrons. The molecule has 0 aliphatic heterocycles. The van der Waals surface area contributed by atoms with Gasteiger partial charge in [0.25, 0.3) is 5.91 Å². The average Bonchev–Trinajstić information content (AvgIpc) is 2.43. The molecule has 0 spiro atoms. The predicted octanol–water partition coefficient (Wildman–Crippen LogP) is 3.29. The second-order valence-electron chi connectivity index (χ2n) is 4.53. The number of anilines is 2. The number of aryl methyl sites for hydroxylation is 1. The fraction of sp³-hybridized carbons (Fsp3) is 0.0667. The molecule has 0 fully saturated rings. The number of nitrogens with two attached hydrogens (primary N) is 1. The number of nitrogen functional groups attached to an aromatic ring is 1. The van der Waals surface area contributed by atoms with Crippen molar-refractivity contribution in [2.24, 2.45) is 0 Å². The Morgan fingerprint density at radius 1 is 1.19 bits per heavy atom. The summed E-state index contributed by atoms with van der Waals surface area (Å²) in [6.07, 6.45) is 0. The zero-order valence-electron chi connectivity index (χ0n) is 11.2. The van der Waals surface area contributed by atoms with Gasteiger partial charge in [0.1, 0.15) is 0 Å². The molecule has 0 aromatic heterocycles. The van der Waals surface area contributed by atoms with E-state index < -0.39 is 5.97 Å². The normalized spacial score (nSPS) is 10.2. The van der Waals surface area contributed by atoms with Gasteiger partial charge in [0.2, 0.25) is 0 Å². The van der Waals surface area contributed by atoms with Gasteiger partial charge in [0.05, 0.1) is 11.3 Å². The maximum Gasteiger partial charge on any atom is 0.337 e. The molecular weight excluding hydrogens is 336 g/mol. The number of carbonyl (C=O) groups excluding carboxylic acids is 1. The highest BCUT2D eigenvalue weighted by atomic mass is 79.9. The Hall–Kier alpha value is -2.34. The third-order valence-corrected chi connectivity index (χ3v) is 3.81. The number of carbonyl (C=O) groups is 2. The molecule has 6 heteroatoms. The Balaban J connectivity index is 2.31. The van der Waals surface area contributed by atoms with Crippen molar-refractivity contribution < 1.29 is 14.7 Å². The highest BCUT2D eigenvalue weighted by Crippen LogP contribution is 2.22. The Morgan fingerprint density at radius 3 is 2.52 bits per heavy atom. The van der Waals surface area contributed by atoms with Crippen LogP contribution < -0.4 is 11.1 Å². The predicted molar refractivity (Wildman–Crippen MR) is 84.6 cm³/mol. The molecular formula is C15H13BrN2O3. The lowest BCUT2D eigenvalue weighted by molar-refractivity contribution is 0.0698. The van der Waals surface area contributed by atoms with Crippen molar-refractivity contribution in [3.63, 3.8) is 0 Å². The summed E-state index contributed by atoms with van der Waals surface area (Å²) in [5, 5.41) is 11.7. The molecule has 1 amide bonds. The summed E-state index contributed by atoms with van der Waals surface area (Å²) < 4.78 is 0.811. The van der Waals surface area contributed by atoms with Crippen LogP contribution in [0.5, 0.6) is 0 Å². The van der Waals surface area contributed by atoms with Crippen molar-refractivity contribution in [3.05, 3.63) is 57.6 Å². The van der Waals surface area contributed by atoms with Crippen LogP contribution in [0.3, 0.4) is 0 Å². The number of hydrogen-bond acceptors (Lipinski definition) is 3. The Morgan fingerprint density at radius 2 is 1.90 bits per heavy atom. The van der Waals surface area contributed by atoms with Gasteiger partial charge in [-0.3, -0.25) is 4.79 Å². The first kappa shape index (κ1) is 15.1. The maximum atomic E-state index is 12.2. The van der Waals surface area contributed by atoms with Crippen molar-refractivity contribution in [1.82, 2.24) is 0 Å². The van der Waals surface area contributed by atoms with Crippen LogP contribution in [0.2, 0.25) is 0 Å². The molecule has 0 saturated carbocycles. The zero-order valence-corrected chi connectivity index (χ0v) is 12.8. The molecule has 0 atom stereocenters. The number of carboxylic acid groups (broad SMARTS) is 1. The van der Waals surface area contributed by atoms with Gasteiger partial charge in [0, 0.05) is 15.7 Å². The molecule has 2 rings (SSSR count). The van der Waals surface area contributed by atoms with E-state index in [1.54, 1.807) is 18.2 Å². The van der Waals surface area contributed by atoms with Crippen LogP contribution in [-0.4, -0.2) is 17.0 Å². The molecule has 4 N–H and O–H groups in total. The minimum Gasteiger partial charge on any atom is -0.478 e. The highest BCUT2D eigenvalue weighted by Gasteiger charge is 2.14. The van der Waals surface area contributed by atoms with Crippen LogP contribution in [0.15, 0.2) is 40.9 Å². The van der Waals surface area contributed by atoms with Crippen molar-refractivity contribution in [1.29, 1.82) is 0 Å². The minimum absolute atomic E-state index is 0.0467. The van der Waals surface area contributed by atoms with E-state index in [1.807, 2.05) is 6.92 Å². The summed E-state index contributed by atoms with van der Waals surface area (Å²) >= 11 is 3.36. The largest absolute Gasteiger partial charge is 0.478 e. The lowest BCUT2D eigenvalue weighted by atomic mass is 10.1. The zero-order chi connectivity index (χ0) is 15.6. The van der Waals surface area contributed by atoms with E-state index in [9.17, 15) is 9.59 Å². The monoisotopic (exact) mass is 348 g/mol. The maximum absolute atomic E-state index is 12.2. The molecule has 0 aliphatic rings. The van der Waals surface area contributed by atoms with E-state index in [1.165, 1.54) is 18.2 Å². The number of hydrogen-bond donors (Lipinski definition) is 3. The van der Waals surface area contributed by atoms with Crippen LogP contribution in [0.25, 0.3) is 0 Å². The lowest BCUT2D eigenvalue weighted by Crippen LogP contribution is -2.15. The minimum atomic E-state index is -1.15. The molecule has 108 valence electrons. The van der Waals surface area contributed by atoms with Gasteiger partial charge in [-0.1, -0.05) is 22.0 Å². The molecule has 0 heterocycles. The molecule has 0 aliphatic carbocycles. The van der Waals surface area contributed by atoms with Crippen molar-refractivity contribution in [3.8, 4) is 0 Å². The molecule has 0 unspecified atom stereocenters. The second kappa shape index (κ2) is 5.97. The van der Waals surface area contributed by atoms with Gasteiger partial charge in [-0.15, -0.1) is 0 Å². The van der Waals surface area contributed by atoms with Crippen molar-refractivity contribution in [2.45, 2.75) is 6.92 Å². The van der Waals surface area contributed by atoms with E-state index in [2.05, 4.69) is 21.2 Å². The van der Waals surface area contributed by atoms with Gasteiger partial charge in [-0.2, -0.15) is 0 Å². The summed E-state index contributed by atoms with van der Waals surface area (Å²) in [5.41, 5.74) is 7.48. The van der Waals surface area contributed by atoms with Crippen molar-refractivity contribution in [2.75, 3.05) is 11.1 Å². The van der Waals surface area contributed by atoms with E-state index in [0.29, 0.717) is 11.3 Å². The number of nitrogens with one attached hydrogen (secondary N) is 1. The van der Waals surface area contributed by atoms with Gasteiger partial charge < -0.3 is 16.2 Å². The van der Waals surface area contributed by atoms with Crippen molar-refractivity contribution >= 4 is 39.2 Å². The van der Waals surface area contributed by atoms with Crippen LogP contribution in [-0.2, 0) is 0 Å². The molecule has 0 saturated heterocycles. The number of amides is 1. The third-order valence-electron chi connectivity index (χ3n) is 2.96. The number of aromatic carboxylic acids is 1. The van der Waals surface area contributed by atoms with Gasteiger partial charge in [-0.25, -0.2) is 4.79 Å². The SMILES string of the molecule is Cc1ccc(C(=O)Nc2ccc(N)cc2C(=O)O)cc1Br. The molecule has 2 aromatic rings. The first-order chi connectivity index (χ1) is 9.88. The van der Waals surface area contributed by atoms with E-state index in [4.69, 9.17) is 10.8 Å². The Bertz CT molecular complexity index is 729. The quantitative estimate of drug-likeness (QED) is 0.742. The lowest BCUT2D eigenvalue weighted by Gasteiger charge is -2.10. The third kappa shape index (κ3) is 3.41. The van der Waals surface area contributed by atoms with Gasteiger partial charge in [0.15, 0.2) is 0 Å². The highest BCUT2D eigenvalue weighted by molar-refractivity contribution is 9.10. The van der Waals surface area contributed by atoms with Crippen LogP contribution >= 0.6 is 15.9 Å². The molecule has 21 heavy (non-hydrogen) atoms. The van der Waals surface area contributed by atoms with Gasteiger partial charge >= 0.3 is 5.97 Å². The van der Waals surface area contributed by atoms with Gasteiger partial charge in [-0.05, 0) is 42.8 Å². The number of benzene rings is 2. The van der Waals surface area contributed by atoms with Crippen LogP contribution in [0.4, 0.5) is 11.4 Å². The summed E-state index contributed by atoms with van der Waals surface area (Å²) in [6.45, 7) is 1.91. The molecule has 0 bridgehead atoms. The fourth-order valence-corrected chi connectivity index (χ4v) is 2.16. The average molecular weight is 349 g/mol. The number of halogens is 1. The molecule has 2 aromatic carbocycles.